The van der Waals surface area contributed by atoms with Crippen LogP contribution in [0.4, 0.5) is 0 Å². The van der Waals surface area contributed by atoms with E-state index in [1.165, 1.54) is 32.6 Å². The van der Waals surface area contributed by atoms with Crippen LogP contribution in [-0.2, 0) is 9.53 Å². The van der Waals surface area contributed by atoms with E-state index in [9.17, 15) is 4.79 Å². The quantitative estimate of drug-likeness (QED) is 0.599. The largest absolute Gasteiger partial charge is 0.462 e. The highest BCUT2D eigenvalue weighted by atomic mass is 16.5. The minimum atomic E-state index is -0.0860. The van der Waals surface area contributed by atoms with Crippen LogP contribution in [0.2, 0.25) is 0 Å². The summed E-state index contributed by atoms with van der Waals surface area (Å²) in [6.07, 6.45) is 7.02. The minimum Gasteiger partial charge on any atom is -0.462 e. The molecular formula is C12H18O2. The van der Waals surface area contributed by atoms with Crippen LogP contribution in [0.25, 0.3) is 0 Å². The highest BCUT2D eigenvalue weighted by Crippen LogP contribution is 2.59. The molecule has 3 aliphatic carbocycles. The van der Waals surface area contributed by atoms with E-state index in [-0.39, 0.29) is 12.1 Å². The Labute approximate surface area is 85.0 Å². The van der Waals surface area contributed by atoms with Gasteiger partial charge in [0.15, 0.2) is 0 Å². The average molecular weight is 194 g/mol. The summed E-state index contributed by atoms with van der Waals surface area (Å²) in [6, 6.07) is 0. The van der Waals surface area contributed by atoms with Crippen molar-refractivity contribution >= 4 is 5.97 Å². The van der Waals surface area contributed by atoms with Gasteiger partial charge in [0, 0.05) is 6.92 Å². The van der Waals surface area contributed by atoms with Crippen molar-refractivity contribution in [2.75, 3.05) is 0 Å². The lowest BCUT2D eigenvalue weighted by Gasteiger charge is -2.30. The SMILES string of the molecule is CC(=O)O[C@@H]1C[C@H]2C[C@@H]1[C@H]1CCC[C@H]21. The Kier molecular flexibility index (Phi) is 1.86. The lowest BCUT2D eigenvalue weighted by atomic mass is 9.80. The Balaban J connectivity index is 1.73. The molecule has 3 fully saturated rings. The maximum atomic E-state index is 10.9. The van der Waals surface area contributed by atoms with E-state index < -0.39 is 0 Å². The molecule has 2 nitrogen and oxygen atoms in total. The van der Waals surface area contributed by atoms with E-state index in [1.54, 1.807) is 0 Å². The molecule has 0 spiro atoms. The van der Waals surface area contributed by atoms with Gasteiger partial charge in [0.1, 0.15) is 6.10 Å². The van der Waals surface area contributed by atoms with E-state index in [0.717, 1.165) is 30.1 Å². The van der Waals surface area contributed by atoms with Crippen molar-refractivity contribution in [1.82, 2.24) is 0 Å². The molecular weight excluding hydrogens is 176 g/mol. The van der Waals surface area contributed by atoms with E-state index in [2.05, 4.69) is 0 Å². The first-order chi connectivity index (χ1) is 6.75. The van der Waals surface area contributed by atoms with Crippen molar-refractivity contribution in [3.8, 4) is 0 Å². The Bertz CT molecular complexity index is 261. The Morgan fingerprint density at radius 1 is 1.14 bits per heavy atom. The molecule has 0 unspecified atom stereocenters. The molecule has 3 rings (SSSR count). The highest BCUT2D eigenvalue weighted by molar-refractivity contribution is 5.66. The Hall–Kier alpha value is -0.530. The van der Waals surface area contributed by atoms with Crippen molar-refractivity contribution in [1.29, 1.82) is 0 Å². The third-order valence-corrected chi connectivity index (χ3v) is 4.69. The number of carbonyl (C=O) groups is 1. The maximum absolute atomic E-state index is 10.9. The van der Waals surface area contributed by atoms with Crippen LogP contribution in [-0.4, -0.2) is 12.1 Å². The second-order valence-corrected chi connectivity index (χ2v) is 5.30. The molecule has 78 valence electrons. The lowest BCUT2D eigenvalue weighted by molar-refractivity contribution is -0.150. The molecule has 0 amide bonds. The number of hydrogen-bond donors (Lipinski definition) is 0. The van der Waals surface area contributed by atoms with Gasteiger partial charge in [0.2, 0.25) is 0 Å². The topological polar surface area (TPSA) is 26.3 Å². The van der Waals surface area contributed by atoms with Gasteiger partial charge >= 0.3 is 5.97 Å². The van der Waals surface area contributed by atoms with Gasteiger partial charge in [-0.3, -0.25) is 4.79 Å². The van der Waals surface area contributed by atoms with Crippen molar-refractivity contribution in [2.24, 2.45) is 23.7 Å². The summed E-state index contributed by atoms with van der Waals surface area (Å²) in [5.41, 5.74) is 0. The van der Waals surface area contributed by atoms with Crippen molar-refractivity contribution in [2.45, 2.75) is 45.1 Å². The molecule has 0 N–H and O–H groups in total. The zero-order valence-corrected chi connectivity index (χ0v) is 8.74. The molecule has 2 bridgehead atoms. The first kappa shape index (κ1) is 8.75. The molecule has 3 aliphatic rings. The average Bonchev–Trinajstić information content (AvgIpc) is 2.68. The number of carbonyl (C=O) groups excluding carboxylic acids is 1. The molecule has 0 heterocycles. The molecule has 0 saturated heterocycles. The second-order valence-electron chi connectivity index (χ2n) is 5.30. The summed E-state index contributed by atoms with van der Waals surface area (Å²) < 4.78 is 5.41. The van der Waals surface area contributed by atoms with Gasteiger partial charge < -0.3 is 4.74 Å². The molecule has 0 aromatic heterocycles. The third-order valence-electron chi connectivity index (χ3n) is 4.69. The monoisotopic (exact) mass is 194 g/mol. The zero-order valence-electron chi connectivity index (χ0n) is 8.74. The fourth-order valence-electron chi connectivity index (χ4n) is 4.35. The number of fused-ring (bicyclic) bond motifs is 5. The van der Waals surface area contributed by atoms with Gasteiger partial charge in [-0.25, -0.2) is 0 Å². The Morgan fingerprint density at radius 3 is 2.71 bits per heavy atom. The summed E-state index contributed by atoms with van der Waals surface area (Å²) >= 11 is 0. The molecule has 0 radical (unpaired) electrons. The van der Waals surface area contributed by atoms with Crippen LogP contribution in [0.1, 0.15) is 39.0 Å². The van der Waals surface area contributed by atoms with Crippen molar-refractivity contribution < 1.29 is 9.53 Å². The summed E-state index contributed by atoms with van der Waals surface area (Å²) in [7, 11) is 0. The summed E-state index contributed by atoms with van der Waals surface area (Å²) in [5.74, 6) is 3.41. The number of hydrogen-bond acceptors (Lipinski definition) is 2. The minimum absolute atomic E-state index is 0.0860. The molecule has 3 saturated carbocycles. The van der Waals surface area contributed by atoms with Crippen LogP contribution in [0.5, 0.6) is 0 Å². The number of esters is 1. The highest BCUT2D eigenvalue weighted by Gasteiger charge is 2.54. The van der Waals surface area contributed by atoms with E-state index >= 15 is 0 Å². The molecule has 0 aliphatic heterocycles. The van der Waals surface area contributed by atoms with Crippen LogP contribution in [0.3, 0.4) is 0 Å². The van der Waals surface area contributed by atoms with Crippen molar-refractivity contribution in [3.05, 3.63) is 0 Å². The normalized spacial score (nSPS) is 49.4. The molecule has 0 aromatic carbocycles. The summed E-state index contributed by atoms with van der Waals surface area (Å²) in [5, 5.41) is 0. The van der Waals surface area contributed by atoms with Crippen LogP contribution in [0.15, 0.2) is 0 Å². The fraction of sp³-hybridized carbons (Fsp3) is 0.917. The Morgan fingerprint density at radius 2 is 1.93 bits per heavy atom. The number of ether oxygens (including phenoxy) is 1. The van der Waals surface area contributed by atoms with Gasteiger partial charge in [-0.15, -0.1) is 0 Å². The van der Waals surface area contributed by atoms with Crippen molar-refractivity contribution in [3.63, 3.8) is 0 Å². The third kappa shape index (κ3) is 1.12. The molecule has 2 heteroatoms. The first-order valence-corrected chi connectivity index (χ1v) is 5.93. The summed E-state index contributed by atoms with van der Waals surface area (Å²) in [6.45, 7) is 1.54. The fourth-order valence-corrected chi connectivity index (χ4v) is 4.35. The predicted octanol–water partition coefficient (Wildman–Crippen LogP) is 2.37. The zero-order chi connectivity index (χ0) is 9.71. The van der Waals surface area contributed by atoms with Gasteiger partial charge in [0.05, 0.1) is 0 Å². The van der Waals surface area contributed by atoms with E-state index in [1.807, 2.05) is 0 Å². The van der Waals surface area contributed by atoms with Gasteiger partial charge in [-0.05, 0) is 49.4 Å². The molecule has 5 atom stereocenters. The smallest absolute Gasteiger partial charge is 0.302 e. The van der Waals surface area contributed by atoms with Gasteiger partial charge in [-0.1, -0.05) is 6.42 Å². The summed E-state index contributed by atoms with van der Waals surface area (Å²) in [4.78, 5) is 10.9. The van der Waals surface area contributed by atoms with Crippen LogP contribution < -0.4 is 0 Å². The van der Waals surface area contributed by atoms with Crippen LogP contribution in [0, 0.1) is 23.7 Å². The predicted molar refractivity (Wildman–Crippen MR) is 52.6 cm³/mol. The standard InChI is InChI=1S/C12H18O2/c1-7(13)14-12-6-8-5-11(12)10-4-2-3-9(8)10/h8-12H,2-6H2,1H3/t8-,9-,10+,11-,12-/m1/s1. The van der Waals surface area contributed by atoms with Gasteiger partial charge in [0.25, 0.3) is 0 Å². The van der Waals surface area contributed by atoms with E-state index in [0.29, 0.717) is 0 Å². The number of rotatable bonds is 1. The lowest BCUT2D eigenvalue weighted by Crippen LogP contribution is -2.31. The maximum Gasteiger partial charge on any atom is 0.302 e. The van der Waals surface area contributed by atoms with Gasteiger partial charge in [-0.2, -0.15) is 0 Å². The molecule has 0 aromatic rings. The van der Waals surface area contributed by atoms with Crippen LogP contribution >= 0.6 is 0 Å². The first-order valence-electron chi connectivity index (χ1n) is 5.93. The molecule has 14 heavy (non-hydrogen) atoms. The second kappa shape index (κ2) is 2.98. The van der Waals surface area contributed by atoms with E-state index in [4.69, 9.17) is 4.74 Å².